The maximum Gasteiger partial charge on any atom is 0.388 e. The van der Waals surface area contributed by atoms with Crippen LogP contribution in [0, 0.1) is 5.95 Å². The van der Waals surface area contributed by atoms with Crippen molar-refractivity contribution in [2.75, 3.05) is 5.32 Å². The highest BCUT2D eigenvalue weighted by atomic mass is 35.5. The summed E-state index contributed by atoms with van der Waals surface area (Å²) in [6, 6.07) is 2.50. The van der Waals surface area contributed by atoms with Gasteiger partial charge in [-0.25, -0.2) is 14.5 Å². The van der Waals surface area contributed by atoms with Gasteiger partial charge in [-0.3, -0.25) is 4.79 Å². The van der Waals surface area contributed by atoms with Crippen LogP contribution in [0.2, 0.25) is 5.02 Å². The van der Waals surface area contributed by atoms with Gasteiger partial charge in [0.05, 0.1) is 23.5 Å². The van der Waals surface area contributed by atoms with Gasteiger partial charge in [-0.2, -0.15) is 13.2 Å². The highest BCUT2D eigenvalue weighted by Crippen LogP contribution is 2.46. The van der Waals surface area contributed by atoms with E-state index in [0.717, 1.165) is 0 Å². The van der Waals surface area contributed by atoms with Gasteiger partial charge in [0.1, 0.15) is 5.02 Å². The molecule has 1 N–H and O–H groups in total. The minimum absolute atomic E-state index is 0.161. The van der Waals surface area contributed by atoms with Crippen molar-refractivity contribution in [3.63, 3.8) is 0 Å². The number of nitrogens with zero attached hydrogens (tertiary/aromatic N) is 4. The van der Waals surface area contributed by atoms with Crippen LogP contribution in [0.4, 0.5) is 18.9 Å². The molecule has 3 aromatic rings. The second-order valence-corrected chi connectivity index (χ2v) is 7.73. The maximum absolute atomic E-state index is 13.6. The molecule has 0 spiro atoms. The molecular weight excluding hydrogens is 411 g/mol. The lowest BCUT2D eigenvalue weighted by molar-refractivity contribution is -0.117. The number of aromatic nitrogens is 4. The molecule has 1 unspecified atom stereocenters. The summed E-state index contributed by atoms with van der Waals surface area (Å²) in [6.45, 7) is 0.814. The zero-order valence-electron chi connectivity index (χ0n) is 15.3. The van der Waals surface area contributed by atoms with E-state index < -0.39 is 29.8 Å². The molecule has 0 bridgehead atoms. The number of rotatable bonds is 4. The van der Waals surface area contributed by atoms with Crippen LogP contribution in [0.15, 0.2) is 24.5 Å². The number of pyridine rings is 1. The van der Waals surface area contributed by atoms with Gasteiger partial charge < -0.3 is 10.1 Å². The fourth-order valence-corrected chi connectivity index (χ4v) is 3.91. The van der Waals surface area contributed by atoms with Crippen LogP contribution >= 0.6 is 11.6 Å². The average Bonchev–Trinajstić information content (AvgIpc) is 3.13. The Balaban J connectivity index is 1.63. The SMILES string of the molecule is CC1(C)CC(C(=O)Nc2cnc(OC(F)F)c(Cl)c2)c2cnc3cc(F)nn3c21. The van der Waals surface area contributed by atoms with Gasteiger partial charge in [-0.15, -0.1) is 5.10 Å². The highest BCUT2D eigenvalue weighted by molar-refractivity contribution is 6.32. The topological polar surface area (TPSA) is 81.4 Å². The molecule has 1 aliphatic carbocycles. The van der Waals surface area contributed by atoms with Gasteiger partial charge >= 0.3 is 6.61 Å². The smallest absolute Gasteiger partial charge is 0.388 e. The van der Waals surface area contributed by atoms with E-state index in [1.54, 1.807) is 6.20 Å². The van der Waals surface area contributed by atoms with Crippen LogP contribution in [-0.2, 0) is 10.2 Å². The number of hydrogen-bond acceptors (Lipinski definition) is 5. The van der Waals surface area contributed by atoms with Gasteiger partial charge in [-0.05, 0) is 12.5 Å². The van der Waals surface area contributed by atoms with Crippen LogP contribution in [0.25, 0.3) is 5.65 Å². The molecule has 0 aromatic carbocycles. The van der Waals surface area contributed by atoms with E-state index >= 15 is 0 Å². The second-order valence-electron chi connectivity index (χ2n) is 7.32. The summed E-state index contributed by atoms with van der Waals surface area (Å²) in [5.41, 5.74) is 1.48. The Hall–Kier alpha value is -2.88. The third-order valence-electron chi connectivity index (χ3n) is 4.80. The molecule has 1 aliphatic rings. The Morgan fingerprint density at radius 2 is 2.10 bits per heavy atom. The molecule has 152 valence electrons. The number of ether oxygens (including phenoxy) is 1. The standard InChI is InChI=1S/C18H15ClF3N5O2/c1-18(2)5-9(10-7-23-13-4-12(20)26-27(13)14(10)18)15(28)25-8-3-11(19)16(24-6-8)29-17(21)22/h3-4,6-7,9,17H,5H2,1-2H3,(H,25,28). The Morgan fingerprint density at radius 3 is 2.79 bits per heavy atom. The third-order valence-corrected chi connectivity index (χ3v) is 5.08. The van der Waals surface area contributed by atoms with E-state index in [9.17, 15) is 18.0 Å². The molecular formula is C18H15ClF3N5O2. The number of hydrogen-bond donors (Lipinski definition) is 1. The summed E-state index contributed by atoms with van der Waals surface area (Å²) in [5, 5.41) is 6.37. The highest BCUT2D eigenvalue weighted by Gasteiger charge is 2.43. The quantitative estimate of drug-likeness (QED) is 0.685. The number of alkyl halides is 2. The van der Waals surface area contributed by atoms with E-state index in [0.29, 0.717) is 23.3 Å². The molecule has 29 heavy (non-hydrogen) atoms. The van der Waals surface area contributed by atoms with Crippen LogP contribution in [0.5, 0.6) is 5.88 Å². The number of halogens is 4. The molecule has 0 aliphatic heterocycles. The van der Waals surface area contributed by atoms with Crippen molar-refractivity contribution < 1.29 is 22.7 Å². The zero-order valence-corrected chi connectivity index (χ0v) is 16.0. The largest absolute Gasteiger partial charge is 0.415 e. The van der Waals surface area contributed by atoms with Crippen LogP contribution in [0.1, 0.15) is 37.4 Å². The van der Waals surface area contributed by atoms with Crippen molar-refractivity contribution in [1.29, 1.82) is 0 Å². The monoisotopic (exact) mass is 425 g/mol. The average molecular weight is 426 g/mol. The minimum atomic E-state index is -3.06. The first kappa shape index (κ1) is 19.4. The summed E-state index contributed by atoms with van der Waals surface area (Å²) < 4.78 is 43.8. The summed E-state index contributed by atoms with van der Waals surface area (Å²) >= 11 is 5.88. The predicted molar refractivity (Wildman–Crippen MR) is 97.8 cm³/mol. The van der Waals surface area contributed by atoms with E-state index in [1.807, 2.05) is 13.8 Å². The van der Waals surface area contributed by atoms with Crippen LogP contribution in [-0.4, -0.2) is 32.1 Å². The molecule has 11 heteroatoms. The van der Waals surface area contributed by atoms with Gasteiger partial charge in [0.2, 0.25) is 17.7 Å². The second kappa shape index (κ2) is 6.87. The lowest BCUT2D eigenvalue weighted by Gasteiger charge is -2.19. The molecule has 0 saturated carbocycles. The third kappa shape index (κ3) is 3.48. The molecule has 0 fully saturated rings. The van der Waals surface area contributed by atoms with E-state index in [-0.39, 0.29) is 16.6 Å². The minimum Gasteiger partial charge on any atom is -0.415 e. The fraction of sp³-hybridized carbons (Fsp3) is 0.333. The van der Waals surface area contributed by atoms with Gasteiger partial charge in [-0.1, -0.05) is 25.4 Å². The van der Waals surface area contributed by atoms with E-state index in [2.05, 4.69) is 25.1 Å². The number of carbonyl (C=O) groups is 1. The fourth-order valence-electron chi connectivity index (χ4n) is 3.70. The molecule has 4 rings (SSSR count). The lowest BCUT2D eigenvalue weighted by Crippen LogP contribution is -2.21. The van der Waals surface area contributed by atoms with Gasteiger partial charge in [0, 0.05) is 23.2 Å². The number of amides is 1. The first-order valence-corrected chi connectivity index (χ1v) is 8.99. The van der Waals surface area contributed by atoms with Crippen molar-refractivity contribution in [1.82, 2.24) is 19.6 Å². The van der Waals surface area contributed by atoms with Crippen molar-refractivity contribution >= 4 is 28.8 Å². The summed E-state index contributed by atoms with van der Waals surface area (Å²) in [5.74, 6) is -2.01. The molecule has 3 aromatic heterocycles. The Morgan fingerprint density at radius 1 is 1.34 bits per heavy atom. The lowest BCUT2D eigenvalue weighted by atomic mass is 9.88. The van der Waals surface area contributed by atoms with Crippen molar-refractivity contribution in [2.24, 2.45) is 0 Å². The Labute approximate surface area is 167 Å². The Bertz CT molecular complexity index is 1120. The number of fused-ring (bicyclic) bond motifs is 3. The van der Waals surface area contributed by atoms with Crippen molar-refractivity contribution in [2.45, 2.75) is 38.2 Å². The van der Waals surface area contributed by atoms with Crippen LogP contribution < -0.4 is 10.1 Å². The van der Waals surface area contributed by atoms with Crippen LogP contribution in [0.3, 0.4) is 0 Å². The molecule has 3 heterocycles. The maximum atomic E-state index is 13.6. The van der Waals surface area contributed by atoms with E-state index in [4.69, 9.17) is 11.6 Å². The van der Waals surface area contributed by atoms with Gasteiger partial charge in [0.15, 0.2) is 5.65 Å². The predicted octanol–water partition coefficient (Wildman–Crippen LogP) is 3.92. The summed E-state index contributed by atoms with van der Waals surface area (Å²) in [6.07, 6.45) is 3.17. The first-order valence-electron chi connectivity index (χ1n) is 8.61. The number of carbonyl (C=O) groups excluding carboxylic acids is 1. The first-order chi connectivity index (χ1) is 13.7. The summed E-state index contributed by atoms with van der Waals surface area (Å²) in [7, 11) is 0. The zero-order chi connectivity index (χ0) is 20.9. The summed E-state index contributed by atoms with van der Waals surface area (Å²) in [4.78, 5) is 20.8. The van der Waals surface area contributed by atoms with Crippen molar-refractivity contribution in [3.05, 3.63) is 46.8 Å². The molecule has 1 amide bonds. The normalized spacial score (nSPS) is 17.6. The van der Waals surface area contributed by atoms with Crippen molar-refractivity contribution in [3.8, 4) is 5.88 Å². The number of nitrogens with one attached hydrogen (secondary N) is 1. The molecule has 7 nitrogen and oxygen atoms in total. The molecule has 0 saturated heterocycles. The molecule has 1 atom stereocenters. The molecule has 0 radical (unpaired) electrons. The Kier molecular flexibility index (Phi) is 4.60. The number of anilines is 1. The van der Waals surface area contributed by atoms with E-state index in [1.165, 1.54) is 22.8 Å². The van der Waals surface area contributed by atoms with Gasteiger partial charge in [0.25, 0.3) is 0 Å².